The summed E-state index contributed by atoms with van der Waals surface area (Å²) in [6.45, 7) is 1.53. The predicted molar refractivity (Wildman–Crippen MR) is 167 cm³/mol. The van der Waals surface area contributed by atoms with Crippen LogP contribution in [0.5, 0.6) is 5.75 Å². The first-order valence-electron chi connectivity index (χ1n) is 14.7. The Bertz CT molecular complexity index is 1620. The van der Waals surface area contributed by atoms with Gasteiger partial charge in [-0.1, -0.05) is 63.6 Å². The van der Waals surface area contributed by atoms with Crippen LogP contribution < -0.4 is 15.4 Å². The second-order valence-electron chi connectivity index (χ2n) is 12.3. The molecule has 3 aliphatic carbocycles. The number of dihydropyridines is 1. The summed E-state index contributed by atoms with van der Waals surface area (Å²) in [4.78, 5) is 28.7. The summed E-state index contributed by atoms with van der Waals surface area (Å²) in [6.07, 6.45) is 5.18. The zero-order valence-electron chi connectivity index (χ0n) is 24.3. The molecule has 7 N–H and O–H groups in total. The van der Waals surface area contributed by atoms with Crippen molar-refractivity contribution in [3.8, 4) is 5.75 Å². The molecule has 1 aromatic rings. The average Bonchev–Trinajstić information content (AvgIpc) is 3.02. The summed E-state index contributed by atoms with van der Waals surface area (Å²) < 4.78 is 12.2. The summed E-state index contributed by atoms with van der Waals surface area (Å²) in [6, 6.07) is 4.52. The van der Waals surface area contributed by atoms with Crippen LogP contribution in [0.3, 0.4) is 0 Å². The predicted octanol–water partition coefficient (Wildman–Crippen LogP) is 1.88. The molecule has 1 spiro atoms. The van der Waals surface area contributed by atoms with Crippen molar-refractivity contribution < 1.29 is 44.6 Å². The molecule has 8 atom stereocenters. The number of ketones is 2. The number of ether oxygens (including phenoxy) is 2. The minimum absolute atomic E-state index is 0.0743. The second-order valence-corrected chi connectivity index (χ2v) is 14.8. The largest absolute Gasteiger partial charge is 0.511 e. The quantitative estimate of drug-likeness (QED) is 0.173. The van der Waals surface area contributed by atoms with E-state index in [0.717, 1.165) is 11.4 Å². The first-order chi connectivity index (χ1) is 21.5. The zero-order chi connectivity index (χ0) is 31.7. The van der Waals surface area contributed by atoms with E-state index in [1.807, 2.05) is 12.2 Å². The molecule has 238 valence electrons. The van der Waals surface area contributed by atoms with Crippen molar-refractivity contribution in [1.82, 2.24) is 10.6 Å². The lowest BCUT2D eigenvalue weighted by atomic mass is 9.60. The van der Waals surface area contributed by atoms with E-state index in [4.69, 9.17) is 9.47 Å². The number of benzene rings is 1. The molecule has 0 saturated carbocycles. The van der Waals surface area contributed by atoms with Crippen LogP contribution in [0.1, 0.15) is 34.1 Å². The highest BCUT2D eigenvalue weighted by Gasteiger charge is 2.66. The van der Waals surface area contributed by atoms with Gasteiger partial charge in [0, 0.05) is 23.8 Å². The van der Waals surface area contributed by atoms with E-state index in [-0.39, 0.29) is 40.6 Å². The smallest absolute Gasteiger partial charge is 0.230 e. The third kappa shape index (κ3) is 4.47. The molecular weight excluding hydrogens is 620 g/mol. The van der Waals surface area contributed by atoms with Crippen LogP contribution in [0.4, 0.5) is 0 Å². The van der Waals surface area contributed by atoms with E-state index in [2.05, 4.69) is 10.6 Å². The number of Topliss-reactive ketones (excluding diaryl/α,β-unsaturated/α-hetero) is 2. The third-order valence-corrected chi connectivity index (χ3v) is 12.0. The highest BCUT2D eigenvalue weighted by atomic mass is 33.1. The van der Waals surface area contributed by atoms with Crippen molar-refractivity contribution in [3.63, 3.8) is 0 Å². The molecule has 1 fully saturated rings. The highest BCUT2D eigenvalue weighted by molar-refractivity contribution is 8.76. The van der Waals surface area contributed by atoms with E-state index in [0.29, 0.717) is 18.0 Å². The highest BCUT2D eigenvalue weighted by Crippen LogP contribution is 2.53. The topological polar surface area (TPSA) is 178 Å². The fraction of sp³-hybridized carbons (Fsp3) is 0.438. The Labute approximate surface area is 267 Å². The summed E-state index contributed by atoms with van der Waals surface area (Å²) in [7, 11) is 2.79. The van der Waals surface area contributed by atoms with Crippen LogP contribution >= 0.6 is 21.6 Å². The molecule has 1 aromatic carbocycles. The molecule has 0 aromatic heterocycles. The van der Waals surface area contributed by atoms with Crippen LogP contribution in [0.2, 0.25) is 0 Å². The van der Waals surface area contributed by atoms with Gasteiger partial charge in [-0.3, -0.25) is 9.59 Å². The molecule has 13 heteroatoms. The number of aliphatic hydroxyl groups is 5. The number of fused-ring (bicyclic) bond motifs is 3. The van der Waals surface area contributed by atoms with Crippen molar-refractivity contribution in [2.75, 3.05) is 24.8 Å². The monoisotopic (exact) mass is 654 g/mol. The van der Waals surface area contributed by atoms with Gasteiger partial charge in [-0.15, -0.1) is 0 Å². The van der Waals surface area contributed by atoms with Crippen molar-refractivity contribution in [1.29, 1.82) is 0 Å². The number of nitrogens with one attached hydrogen (secondary N) is 2. The normalized spacial score (nSPS) is 39.0. The minimum atomic E-state index is -2.22. The Morgan fingerprint density at radius 2 is 1.96 bits per heavy atom. The van der Waals surface area contributed by atoms with Crippen molar-refractivity contribution in [2.45, 2.75) is 43.0 Å². The second kappa shape index (κ2) is 11.0. The van der Waals surface area contributed by atoms with E-state index in [9.17, 15) is 35.1 Å². The van der Waals surface area contributed by atoms with Gasteiger partial charge in [-0.2, -0.15) is 0 Å². The zero-order valence-corrected chi connectivity index (χ0v) is 25.9. The van der Waals surface area contributed by atoms with Gasteiger partial charge in [0.1, 0.15) is 40.3 Å². The Hall–Kier alpha value is -3.04. The van der Waals surface area contributed by atoms with E-state index in [1.165, 1.54) is 45.9 Å². The fourth-order valence-electron chi connectivity index (χ4n) is 7.31. The van der Waals surface area contributed by atoms with Crippen LogP contribution in [-0.4, -0.2) is 91.6 Å². The summed E-state index contributed by atoms with van der Waals surface area (Å²) in [5, 5.41) is 63.5. The van der Waals surface area contributed by atoms with Crippen LogP contribution in [0.25, 0.3) is 0 Å². The SMILES string of the molecule is CC1=C[C@@H]2C(=O)c3cccc4c3C(=O)[C@]2(CSSCNC2=CC(=CCN2)C[C@H]2C=C[C@]3(CO)O[C@@H](O4)[C@H](O)[C@@]2(O)[C@@H]3O)C(O)=C1. The minimum Gasteiger partial charge on any atom is -0.511 e. The maximum Gasteiger partial charge on any atom is 0.230 e. The van der Waals surface area contributed by atoms with Gasteiger partial charge >= 0.3 is 0 Å². The number of rotatable bonds is 1. The summed E-state index contributed by atoms with van der Waals surface area (Å²) in [5.74, 6) is -1.71. The lowest BCUT2D eigenvalue weighted by Crippen LogP contribution is -2.76. The van der Waals surface area contributed by atoms with E-state index >= 15 is 0 Å². The molecular formula is C32H34N2O9S2. The van der Waals surface area contributed by atoms with Crippen LogP contribution in [-0.2, 0) is 4.74 Å². The van der Waals surface area contributed by atoms with Crippen molar-refractivity contribution in [2.24, 2.45) is 17.3 Å². The van der Waals surface area contributed by atoms with Gasteiger partial charge in [0.05, 0.1) is 29.8 Å². The molecule has 6 aliphatic rings. The van der Waals surface area contributed by atoms with Gasteiger partial charge in [0.25, 0.3) is 0 Å². The van der Waals surface area contributed by atoms with E-state index in [1.54, 1.807) is 25.1 Å². The number of hydrogen-bond donors (Lipinski definition) is 7. The molecule has 1 saturated heterocycles. The maximum atomic E-state index is 14.6. The molecule has 0 radical (unpaired) electrons. The Morgan fingerprint density at radius 1 is 1.13 bits per heavy atom. The van der Waals surface area contributed by atoms with Gasteiger partial charge < -0.3 is 45.6 Å². The first kappa shape index (κ1) is 30.6. The molecule has 0 amide bonds. The molecule has 11 nitrogen and oxygen atoms in total. The lowest BCUT2D eigenvalue weighted by molar-refractivity contribution is -0.349. The Kier molecular flexibility index (Phi) is 7.51. The Morgan fingerprint density at radius 3 is 2.76 bits per heavy atom. The summed E-state index contributed by atoms with van der Waals surface area (Å²) >= 11 is 0. The van der Waals surface area contributed by atoms with Crippen molar-refractivity contribution >= 4 is 33.2 Å². The third-order valence-electron chi connectivity index (χ3n) is 9.78. The van der Waals surface area contributed by atoms with Gasteiger partial charge in [0.2, 0.25) is 6.29 Å². The molecule has 7 bridgehead atoms. The molecule has 45 heavy (non-hydrogen) atoms. The van der Waals surface area contributed by atoms with Gasteiger partial charge in [0.15, 0.2) is 11.6 Å². The van der Waals surface area contributed by atoms with Crippen LogP contribution in [0, 0.1) is 17.3 Å². The Balaban J connectivity index is 1.38. The average molecular weight is 655 g/mol. The maximum absolute atomic E-state index is 14.6. The molecule has 0 unspecified atom stereocenters. The number of hydrogen-bond acceptors (Lipinski definition) is 13. The molecule has 7 rings (SSSR count). The number of allylic oxidation sites excluding steroid dienone is 6. The number of carbonyl (C=O) groups is 2. The van der Waals surface area contributed by atoms with Crippen LogP contribution in [0.15, 0.2) is 77.4 Å². The number of carbonyl (C=O) groups excluding carboxylic acids is 2. The first-order valence-corrected chi connectivity index (χ1v) is 17.2. The number of aliphatic hydroxyl groups excluding tert-OH is 4. The molecule has 3 heterocycles. The lowest BCUT2D eigenvalue weighted by Gasteiger charge is -2.57. The van der Waals surface area contributed by atoms with E-state index < -0.39 is 59.3 Å². The van der Waals surface area contributed by atoms with Gasteiger partial charge in [-0.05, 0) is 37.1 Å². The molecule has 3 aliphatic heterocycles. The van der Waals surface area contributed by atoms with Gasteiger partial charge in [-0.25, -0.2) is 0 Å². The fourth-order valence-corrected chi connectivity index (χ4v) is 9.57. The standard InChI is InChI=1S/C32H34N2O9S2/c1-16-9-20-25(37)19-3-2-4-21-24(19)26(38)31(20,22(36)10-16)14-44-45-15-34-23-12-17(6-8-33-23)11-18-5-7-30(13-35)29(40)32(18,41)27(39)28(42-21)43-30/h2-7,9-10,12,18,20,27-29,33-36,39-41H,8,11,13-15H2,1H3/t18-,20-,27+,28-,29-,30-,31+,32-/m1/s1. The van der Waals surface area contributed by atoms with Crippen molar-refractivity contribution in [3.05, 3.63) is 88.5 Å². The summed E-state index contributed by atoms with van der Waals surface area (Å²) in [5.41, 5.74) is -4.11.